The second-order valence-electron chi connectivity index (χ2n) is 5.47. The summed E-state index contributed by atoms with van der Waals surface area (Å²) in [6.45, 7) is 3.86. The molecule has 1 aliphatic rings. The maximum Gasteiger partial charge on any atom is 0.289 e. The molecule has 1 saturated heterocycles. The summed E-state index contributed by atoms with van der Waals surface area (Å²) in [5.74, 6) is 0.482. The number of carbonyl (C=O) groups excluding carboxylic acids is 1. The number of anilines is 1. The third-order valence-electron chi connectivity index (χ3n) is 3.94. The molecule has 1 aromatic heterocycles. The lowest BCUT2D eigenvalue weighted by molar-refractivity contribution is 0.0713. The first-order chi connectivity index (χ1) is 11.1. The fourth-order valence-electron chi connectivity index (χ4n) is 2.69. The van der Waals surface area contributed by atoms with Gasteiger partial charge in [0.1, 0.15) is 11.6 Å². The molecule has 1 amide bonds. The molecule has 3 rings (SSSR count). The lowest BCUT2D eigenvalue weighted by atomic mass is 10.2. The number of hydrogen-bond donors (Lipinski definition) is 0. The monoisotopic (exact) mass is 313 g/mol. The topological polar surface area (TPSA) is 60.5 Å². The first-order valence-electron chi connectivity index (χ1n) is 7.39. The normalized spacial score (nSPS) is 14.7. The van der Waals surface area contributed by atoms with Crippen LogP contribution in [0.15, 0.2) is 34.7 Å². The van der Waals surface area contributed by atoms with Gasteiger partial charge in [0.25, 0.3) is 5.91 Å². The molecule has 0 aliphatic carbocycles. The van der Waals surface area contributed by atoms with Crippen LogP contribution in [0.2, 0.25) is 0 Å². The Hall–Kier alpha value is -2.81. The Bertz CT molecular complexity index is 770. The van der Waals surface area contributed by atoms with E-state index in [1.807, 2.05) is 11.0 Å². The van der Waals surface area contributed by atoms with Crippen LogP contribution in [0.3, 0.4) is 0 Å². The molecule has 0 N–H and O–H groups in total. The number of amides is 1. The molecule has 2 aromatic rings. The van der Waals surface area contributed by atoms with E-state index in [4.69, 9.17) is 9.68 Å². The minimum Gasteiger partial charge on any atom is -0.456 e. The van der Waals surface area contributed by atoms with Crippen molar-refractivity contribution in [2.75, 3.05) is 31.1 Å². The third kappa shape index (κ3) is 3.04. The molecule has 1 aliphatic heterocycles. The fourth-order valence-corrected chi connectivity index (χ4v) is 2.69. The SMILES string of the molecule is Cc1ccc(C(=O)N2CCN(c3ccc(C#N)cc3F)CC2)o1. The molecular formula is C17H16FN3O2. The minimum atomic E-state index is -0.412. The molecule has 118 valence electrons. The molecule has 2 heterocycles. The summed E-state index contributed by atoms with van der Waals surface area (Å²) in [6.07, 6.45) is 0. The number of nitrogens with zero attached hydrogens (tertiary/aromatic N) is 3. The summed E-state index contributed by atoms with van der Waals surface area (Å²) < 4.78 is 19.4. The van der Waals surface area contributed by atoms with Crippen LogP contribution in [0, 0.1) is 24.1 Å². The molecule has 1 fully saturated rings. The van der Waals surface area contributed by atoms with Crippen molar-refractivity contribution in [2.24, 2.45) is 0 Å². The Morgan fingerprint density at radius 3 is 2.52 bits per heavy atom. The molecule has 0 bridgehead atoms. The van der Waals surface area contributed by atoms with Crippen LogP contribution in [-0.2, 0) is 0 Å². The third-order valence-corrected chi connectivity index (χ3v) is 3.94. The highest BCUT2D eigenvalue weighted by atomic mass is 19.1. The van der Waals surface area contributed by atoms with E-state index in [0.717, 1.165) is 0 Å². The highest BCUT2D eigenvalue weighted by Gasteiger charge is 2.25. The van der Waals surface area contributed by atoms with Crippen molar-refractivity contribution in [3.05, 3.63) is 53.2 Å². The molecule has 0 spiro atoms. The molecule has 1 aromatic carbocycles. The number of rotatable bonds is 2. The largest absolute Gasteiger partial charge is 0.456 e. The first kappa shape index (κ1) is 15.1. The van der Waals surface area contributed by atoms with Crippen molar-refractivity contribution in [3.8, 4) is 6.07 Å². The summed E-state index contributed by atoms with van der Waals surface area (Å²) in [6, 6.07) is 9.79. The van der Waals surface area contributed by atoms with Gasteiger partial charge in [0.05, 0.1) is 17.3 Å². The van der Waals surface area contributed by atoms with Gasteiger partial charge in [-0.3, -0.25) is 4.79 Å². The van der Waals surface area contributed by atoms with Crippen LogP contribution in [-0.4, -0.2) is 37.0 Å². The van der Waals surface area contributed by atoms with E-state index in [2.05, 4.69) is 0 Å². The van der Waals surface area contributed by atoms with Crippen molar-refractivity contribution in [2.45, 2.75) is 6.92 Å². The quantitative estimate of drug-likeness (QED) is 0.855. The predicted octanol–water partition coefficient (Wildman–Crippen LogP) is 2.56. The van der Waals surface area contributed by atoms with Crippen LogP contribution in [0.4, 0.5) is 10.1 Å². The number of benzene rings is 1. The molecular weight excluding hydrogens is 297 g/mol. The maximum absolute atomic E-state index is 14.1. The smallest absolute Gasteiger partial charge is 0.289 e. The van der Waals surface area contributed by atoms with Gasteiger partial charge in [0.15, 0.2) is 5.76 Å². The van der Waals surface area contributed by atoms with Crippen LogP contribution >= 0.6 is 0 Å². The van der Waals surface area contributed by atoms with Crippen LogP contribution in [0.5, 0.6) is 0 Å². The number of halogens is 1. The Balaban J connectivity index is 1.67. The number of hydrogen-bond acceptors (Lipinski definition) is 4. The maximum atomic E-state index is 14.1. The molecule has 0 radical (unpaired) electrons. The summed E-state index contributed by atoms with van der Waals surface area (Å²) in [5, 5.41) is 8.79. The predicted molar refractivity (Wildman–Crippen MR) is 82.7 cm³/mol. The Morgan fingerprint density at radius 2 is 1.96 bits per heavy atom. The first-order valence-corrected chi connectivity index (χ1v) is 7.39. The van der Waals surface area contributed by atoms with Crippen molar-refractivity contribution in [1.82, 2.24) is 4.90 Å². The van der Waals surface area contributed by atoms with Crippen molar-refractivity contribution < 1.29 is 13.6 Å². The van der Waals surface area contributed by atoms with Gasteiger partial charge < -0.3 is 14.2 Å². The lowest BCUT2D eigenvalue weighted by Crippen LogP contribution is -2.49. The average molecular weight is 313 g/mol. The van der Waals surface area contributed by atoms with Crippen molar-refractivity contribution >= 4 is 11.6 Å². The van der Waals surface area contributed by atoms with Gasteiger partial charge in [-0.15, -0.1) is 0 Å². The number of carbonyl (C=O) groups is 1. The average Bonchev–Trinajstić information content (AvgIpc) is 3.00. The van der Waals surface area contributed by atoms with E-state index in [1.54, 1.807) is 36.1 Å². The zero-order valence-electron chi connectivity index (χ0n) is 12.8. The van der Waals surface area contributed by atoms with Gasteiger partial charge in [-0.1, -0.05) is 0 Å². The Morgan fingerprint density at radius 1 is 1.22 bits per heavy atom. The zero-order chi connectivity index (χ0) is 16.4. The highest BCUT2D eigenvalue weighted by molar-refractivity contribution is 5.91. The minimum absolute atomic E-state index is 0.141. The number of aryl methyl sites for hydroxylation is 1. The Kier molecular flexibility index (Phi) is 4.02. The summed E-state index contributed by atoms with van der Waals surface area (Å²) in [5.41, 5.74) is 0.762. The Labute approximate surface area is 133 Å². The van der Waals surface area contributed by atoms with Crippen LogP contribution in [0.25, 0.3) is 0 Å². The number of piperazine rings is 1. The fraction of sp³-hybridized carbons (Fsp3) is 0.294. The lowest BCUT2D eigenvalue weighted by Gasteiger charge is -2.35. The second kappa shape index (κ2) is 6.13. The van der Waals surface area contributed by atoms with E-state index in [0.29, 0.717) is 49.0 Å². The second-order valence-corrected chi connectivity index (χ2v) is 5.47. The van der Waals surface area contributed by atoms with E-state index >= 15 is 0 Å². The highest BCUT2D eigenvalue weighted by Crippen LogP contribution is 2.22. The van der Waals surface area contributed by atoms with Crippen molar-refractivity contribution in [1.29, 1.82) is 5.26 Å². The van der Waals surface area contributed by atoms with Gasteiger partial charge in [0.2, 0.25) is 0 Å². The molecule has 0 atom stereocenters. The molecule has 5 nitrogen and oxygen atoms in total. The summed E-state index contributed by atoms with van der Waals surface area (Å²) >= 11 is 0. The van der Waals surface area contributed by atoms with Crippen molar-refractivity contribution in [3.63, 3.8) is 0 Å². The standard InChI is InChI=1S/C17H16FN3O2/c1-12-2-5-16(23-12)17(22)21-8-6-20(7-9-21)15-4-3-13(11-19)10-14(15)18/h2-5,10H,6-9H2,1H3. The summed E-state index contributed by atoms with van der Waals surface area (Å²) in [7, 11) is 0. The van der Waals surface area contributed by atoms with Gasteiger partial charge in [-0.25, -0.2) is 4.39 Å². The van der Waals surface area contributed by atoms with Gasteiger partial charge in [-0.2, -0.15) is 5.26 Å². The zero-order valence-corrected chi connectivity index (χ0v) is 12.8. The molecule has 23 heavy (non-hydrogen) atoms. The van der Waals surface area contributed by atoms with Gasteiger partial charge in [0, 0.05) is 26.2 Å². The summed E-state index contributed by atoms with van der Waals surface area (Å²) in [4.78, 5) is 15.9. The van der Waals surface area contributed by atoms with Gasteiger partial charge >= 0.3 is 0 Å². The number of nitriles is 1. The van der Waals surface area contributed by atoms with E-state index in [-0.39, 0.29) is 5.91 Å². The number of furan rings is 1. The van der Waals surface area contributed by atoms with Crippen LogP contribution < -0.4 is 4.90 Å². The van der Waals surface area contributed by atoms with E-state index in [1.165, 1.54) is 6.07 Å². The molecule has 6 heteroatoms. The van der Waals surface area contributed by atoms with Gasteiger partial charge in [-0.05, 0) is 37.3 Å². The van der Waals surface area contributed by atoms with Crippen LogP contribution in [0.1, 0.15) is 21.9 Å². The molecule has 0 saturated carbocycles. The molecule has 0 unspecified atom stereocenters. The van der Waals surface area contributed by atoms with E-state index in [9.17, 15) is 9.18 Å². The van der Waals surface area contributed by atoms with E-state index < -0.39 is 5.82 Å².